The van der Waals surface area contributed by atoms with Crippen molar-refractivity contribution in [3.8, 4) is 33.6 Å². The maximum absolute atomic E-state index is 2.42. The largest absolute Gasteiger partial charge is 0.310 e. The second kappa shape index (κ2) is 13.7. The van der Waals surface area contributed by atoms with E-state index in [0.717, 1.165) is 5.69 Å². The fourth-order valence-corrected chi connectivity index (χ4v) is 8.38. The zero-order chi connectivity index (χ0) is 36.8. The van der Waals surface area contributed by atoms with Gasteiger partial charge in [-0.05, 0) is 112 Å². The van der Waals surface area contributed by atoms with Crippen molar-refractivity contribution in [1.29, 1.82) is 0 Å². The van der Waals surface area contributed by atoms with Crippen LogP contribution in [0.2, 0.25) is 0 Å². The minimum Gasteiger partial charge on any atom is -0.310 e. The van der Waals surface area contributed by atoms with E-state index >= 15 is 0 Å². The van der Waals surface area contributed by atoms with Crippen molar-refractivity contribution in [2.24, 2.45) is 0 Å². The van der Waals surface area contributed by atoms with Gasteiger partial charge >= 0.3 is 0 Å². The number of nitrogens with zero attached hydrogens (tertiary/aromatic N) is 2. The van der Waals surface area contributed by atoms with Crippen LogP contribution in [-0.2, 0) is 0 Å². The van der Waals surface area contributed by atoms with Gasteiger partial charge in [-0.1, -0.05) is 141 Å². The number of aromatic nitrogens is 2. The average molecular weight is 695 g/mol. The number of hydrogen-bond acceptors (Lipinski definition) is 0. The van der Waals surface area contributed by atoms with Crippen molar-refractivity contribution in [3.05, 3.63) is 180 Å². The highest BCUT2D eigenvalue weighted by Gasteiger charge is 2.16. The number of para-hydroxylation sites is 1. The molecule has 0 saturated heterocycles. The summed E-state index contributed by atoms with van der Waals surface area (Å²) in [5.41, 5.74) is 10.8. The monoisotopic (exact) mass is 694 g/mol. The van der Waals surface area contributed by atoms with Crippen LogP contribution in [0, 0.1) is 0 Å². The SMILES string of the molecule is C/C=c1\c(=C/C)n(-c2ccc(-c3ccccc3)cc2)c2ccc(-c3ccc4c(c3)c3ccccc3n4-c3ccc4c(ccc5ccccc54)c3)cc12.CC. The molecule has 0 unspecified atom stereocenters. The molecule has 0 aliphatic carbocycles. The topological polar surface area (TPSA) is 9.86 Å². The first-order chi connectivity index (χ1) is 26.7. The van der Waals surface area contributed by atoms with Crippen molar-refractivity contribution >= 4 is 66.4 Å². The third-order valence-electron chi connectivity index (χ3n) is 10.8. The van der Waals surface area contributed by atoms with Crippen LogP contribution < -0.4 is 10.6 Å². The molecule has 54 heavy (non-hydrogen) atoms. The van der Waals surface area contributed by atoms with Crippen LogP contribution in [0.25, 0.3) is 100 Å². The Morgan fingerprint density at radius 2 is 0.907 bits per heavy atom. The molecule has 10 aromatic rings. The predicted octanol–water partition coefficient (Wildman–Crippen LogP) is 13.0. The summed E-state index contributed by atoms with van der Waals surface area (Å²) in [6, 6.07) is 62.2. The van der Waals surface area contributed by atoms with E-state index in [2.05, 4.69) is 205 Å². The van der Waals surface area contributed by atoms with Gasteiger partial charge in [-0.25, -0.2) is 0 Å². The van der Waals surface area contributed by atoms with Crippen LogP contribution >= 0.6 is 0 Å². The first kappa shape index (κ1) is 33.2. The van der Waals surface area contributed by atoms with E-state index < -0.39 is 0 Å². The van der Waals surface area contributed by atoms with Gasteiger partial charge in [0.05, 0.1) is 16.6 Å². The second-order valence-electron chi connectivity index (χ2n) is 13.6. The molecule has 0 radical (unpaired) electrons. The van der Waals surface area contributed by atoms with Gasteiger partial charge in [-0.15, -0.1) is 0 Å². The summed E-state index contributed by atoms with van der Waals surface area (Å²) in [5.74, 6) is 0. The molecule has 8 aromatic carbocycles. The molecule has 0 aliphatic rings. The van der Waals surface area contributed by atoms with E-state index in [-0.39, 0.29) is 0 Å². The van der Waals surface area contributed by atoms with Gasteiger partial charge < -0.3 is 9.13 Å². The Kier molecular flexibility index (Phi) is 8.44. The molecule has 0 atom stereocenters. The normalized spacial score (nSPS) is 12.3. The van der Waals surface area contributed by atoms with Crippen molar-refractivity contribution in [2.75, 3.05) is 0 Å². The van der Waals surface area contributed by atoms with E-state index in [1.54, 1.807) is 0 Å². The fourth-order valence-electron chi connectivity index (χ4n) is 8.38. The van der Waals surface area contributed by atoms with Gasteiger partial charge in [0.15, 0.2) is 0 Å². The minimum absolute atomic E-state index is 1.16. The molecule has 2 heterocycles. The molecule has 2 aromatic heterocycles. The van der Waals surface area contributed by atoms with Crippen molar-refractivity contribution in [3.63, 3.8) is 0 Å². The first-order valence-electron chi connectivity index (χ1n) is 19.1. The lowest BCUT2D eigenvalue weighted by Crippen LogP contribution is -2.27. The van der Waals surface area contributed by atoms with E-state index in [1.807, 2.05) is 13.8 Å². The Labute approximate surface area is 316 Å². The number of benzene rings is 8. The molecule has 0 N–H and O–H groups in total. The molecule has 10 rings (SSSR count). The van der Waals surface area contributed by atoms with Gasteiger partial charge in [0.1, 0.15) is 0 Å². The predicted molar refractivity (Wildman–Crippen MR) is 234 cm³/mol. The molecule has 2 nitrogen and oxygen atoms in total. The first-order valence-corrected chi connectivity index (χ1v) is 19.1. The van der Waals surface area contributed by atoms with Crippen LogP contribution in [0.5, 0.6) is 0 Å². The number of hydrogen-bond donors (Lipinski definition) is 0. The molecule has 0 saturated carbocycles. The van der Waals surface area contributed by atoms with Crippen LogP contribution in [-0.4, -0.2) is 9.13 Å². The third-order valence-corrected chi connectivity index (χ3v) is 10.8. The summed E-state index contributed by atoms with van der Waals surface area (Å²) >= 11 is 0. The van der Waals surface area contributed by atoms with Crippen molar-refractivity contribution in [1.82, 2.24) is 9.13 Å². The number of rotatable bonds is 4. The molecule has 0 fully saturated rings. The summed E-state index contributed by atoms with van der Waals surface area (Å²) in [6.45, 7) is 8.28. The maximum Gasteiger partial charge on any atom is 0.0541 e. The van der Waals surface area contributed by atoms with Gasteiger partial charge in [0.2, 0.25) is 0 Å². The van der Waals surface area contributed by atoms with E-state index in [0.29, 0.717) is 0 Å². The third kappa shape index (κ3) is 5.33. The van der Waals surface area contributed by atoms with Gasteiger partial charge in [0.25, 0.3) is 0 Å². The Morgan fingerprint density at radius 3 is 1.65 bits per heavy atom. The molecule has 0 amide bonds. The van der Waals surface area contributed by atoms with Crippen LogP contribution in [0.4, 0.5) is 0 Å². The van der Waals surface area contributed by atoms with Crippen molar-refractivity contribution in [2.45, 2.75) is 27.7 Å². The Hall–Kier alpha value is -6.64. The Morgan fingerprint density at radius 1 is 0.352 bits per heavy atom. The molecule has 2 heteroatoms. The Bertz CT molecular complexity index is 3120. The zero-order valence-corrected chi connectivity index (χ0v) is 31.2. The smallest absolute Gasteiger partial charge is 0.0541 e. The summed E-state index contributed by atoms with van der Waals surface area (Å²) in [7, 11) is 0. The van der Waals surface area contributed by atoms with Crippen molar-refractivity contribution < 1.29 is 0 Å². The molecule has 0 bridgehead atoms. The number of fused-ring (bicyclic) bond motifs is 7. The van der Waals surface area contributed by atoms with Crippen LogP contribution in [0.3, 0.4) is 0 Å². The molecular formula is C52H42N2. The quantitative estimate of drug-likeness (QED) is 0.162. The average Bonchev–Trinajstić information content (AvgIpc) is 3.76. The lowest BCUT2D eigenvalue weighted by Gasteiger charge is -2.11. The van der Waals surface area contributed by atoms with E-state index in [4.69, 9.17) is 0 Å². The lowest BCUT2D eigenvalue weighted by atomic mass is 10.0. The molecular weight excluding hydrogens is 653 g/mol. The van der Waals surface area contributed by atoms with Gasteiger partial charge in [0, 0.05) is 38.1 Å². The summed E-state index contributed by atoms with van der Waals surface area (Å²) in [6.07, 6.45) is 4.48. The Balaban J connectivity index is 0.00000189. The summed E-state index contributed by atoms with van der Waals surface area (Å²) < 4.78 is 4.81. The molecule has 0 aliphatic heterocycles. The summed E-state index contributed by atoms with van der Waals surface area (Å²) in [4.78, 5) is 0. The maximum atomic E-state index is 2.42. The fraction of sp³-hybridized carbons (Fsp3) is 0.0769. The highest BCUT2D eigenvalue weighted by atomic mass is 15.0. The molecule has 260 valence electrons. The van der Waals surface area contributed by atoms with Gasteiger partial charge in [-0.3, -0.25) is 0 Å². The minimum atomic E-state index is 1.16. The zero-order valence-electron chi connectivity index (χ0n) is 31.2. The van der Waals surface area contributed by atoms with Crippen LogP contribution in [0.1, 0.15) is 27.7 Å². The van der Waals surface area contributed by atoms with Gasteiger partial charge in [-0.2, -0.15) is 0 Å². The highest BCUT2D eigenvalue weighted by molar-refractivity contribution is 6.12. The lowest BCUT2D eigenvalue weighted by molar-refractivity contribution is 1.07. The van der Waals surface area contributed by atoms with E-state index in [1.165, 1.54) is 92.8 Å². The standard InChI is InChI=1S/C50H36N2.C2H6/c1-3-41-45-31-36(22-28-49(45)51(47(41)4-2)39-24-20-34(21-25-39)33-12-6-5-7-13-33)37-23-29-50-46(32-37)44-16-10-11-17-48(44)52(50)40-26-27-43-38(30-40)19-18-35-14-8-9-15-42(35)43;1-2/h3-32H,1-2H3;1-2H3/b41-3-,47-4+;. The summed E-state index contributed by atoms with van der Waals surface area (Å²) in [5, 5.41) is 11.3. The van der Waals surface area contributed by atoms with Crippen LogP contribution in [0.15, 0.2) is 170 Å². The molecule has 0 spiro atoms. The second-order valence-corrected chi connectivity index (χ2v) is 13.6. The highest BCUT2D eigenvalue weighted by Crippen LogP contribution is 2.37. The van der Waals surface area contributed by atoms with E-state index in [9.17, 15) is 0 Å².